The van der Waals surface area contributed by atoms with E-state index >= 15 is 0 Å². The van der Waals surface area contributed by atoms with Crippen molar-refractivity contribution >= 4 is 0 Å². The molecule has 2 nitrogen and oxygen atoms in total. The SMILES string of the molecule is CC1(CN(F)F)COC1. The smallest absolute Gasteiger partial charge is 0.0717 e. The lowest BCUT2D eigenvalue weighted by Gasteiger charge is -2.37. The summed E-state index contributed by atoms with van der Waals surface area (Å²) in [5, 5.41) is -0.789. The second-order valence-electron chi connectivity index (χ2n) is 2.76. The first-order chi connectivity index (χ1) is 4.12. The molecule has 4 heteroatoms. The van der Waals surface area contributed by atoms with Crippen LogP contribution in [0.4, 0.5) is 8.96 Å². The Morgan fingerprint density at radius 3 is 2.22 bits per heavy atom. The van der Waals surface area contributed by atoms with Crippen molar-refractivity contribution in [2.45, 2.75) is 6.92 Å². The van der Waals surface area contributed by atoms with Crippen LogP contribution < -0.4 is 0 Å². The van der Waals surface area contributed by atoms with Crippen LogP contribution in [0.15, 0.2) is 0 Å². The molecule has 1 saturated heterocycles. The quantitative estimate of drug-likeness (QED) is 0.528. The number of nitrogens with zero attached hydrogens (tertiary/aromatic N) is 1. The molecule has 1 aliphatic rings. The highest BCUT2D eigenvalue weighted by Crippen LogP contribution is 2.27. The van der Waals surface area contributed by atoms with E-state index in [9.17, 15) is 8.96 Å². The Hall–Kier alpha value is -0.220. The van der Waals surface area contributed by atoms with E-state index in [0.29, 0.717) is 13.2 Å². The van der Waals surface area contributed by atoms with Crippen molar-refractivity contribution in [1.82, 2.24) is 5.34 Å². The van der Waals surface area contributed by atoms with Crippen molar-refractivity contribution < 1.29 is 13.7 Å². The first-order valence-electron chi connectivity index (χ1n) is 2.79. The molecule has 1 heterocycles. The first kappa shape index (κ1) is 6.89. The van der Waals surface area contributed by atoms with Gasteiger partial charge in [0.2, 0.25) is 0 Å². The fourth-order valence-corrected chi connectivity index (χ4v) is 0.830. The molecule has 1 aliphatic heterocycles. The number of hydrogen-bond donors (Lipinski definition) is 0. The summed E-state index contributed by atoms with van der Waals surface area (Å²) >= 11 is 0. The number of hydrogen-bond acceptors (Lipinski definition) is 2. The van der Waals surface area contributed by atoms with E-state index in [1.807, 2.05) is 0 Å². The maximum absolute atomic E-state index is 11.5. The molecule has 0 amide bonds. The molecule has 0 unspecified atom stereocenters. The van der Waals surface area contributed by atoms with E-state index in [1.165, 1.54) is 0 Å². The zero-order valence-electron chi connectivity index (χ0n) is 5.23. The average molecular weight is 137 g/mol. The molecule has 1 rings (SSSR count). The van der Waals surface area contributed by atoms with Crippen LogP contribution in [0.2, 0.25) is 0 Å². The summed E-state index contributed by atoms with van der Waals surface area (Å²) in [7, 11) is 0. The van der Waals surface area contributed by atoms with E-state index in [0.717, 1.165) is 0 Å². The minimum Gasteiger partial charge on any atom is -0.380 e. The summed E-state index contributed by atoms with van der Waals surface area (Å²) in [6.07, 6.45) is 0. The van der Waals surface area contributed by atoms with Gasteiger partial charge in [-0.1, -0.05) is 6.92 Å². The van der Waals surface area contributed by atoms with Crippen molar-refractivity contribution in [1.29, 1.82) is 0 Å². The summed E-state index contributed by atoms with van der Waals surface area (Å²) < 4.78 is 27.8. The van der Waals surface area contributed by atoms with Crippen LogP contribution in [-0.4, -0.2) is 25.1 Å². The molecule has 1 fully saturated rings. The van der Waals surface area contributed by atoms with Crippen LogP contribution in [0.1, 0.15) is 6.92 Å². The van der Waals surface area contributed by atoms with Gasteiger partial charge in [0.1, 0.15) is 0 Å². The molecule has 0 aliphatic carbocycles. The van der Waals surface area contributed by atoms with Crippen molar-refractivity contribution in [3.63, 3.8) is 0 Å². The lowest BCUT2D eigenvalue weighted by molar-refractivity contribution is -0.215. The molecule has 0 aromatic carbocycles. The summed E-state index contributed by atoms with van der Waals surface area (Å²) in [5.74, 6) is 0. The number of ether oxygens (including phenoxy) is 1. The Morgan fingerprint density at radius 1 is 1.56 bits per heavy atom. The Bertz CT molecular complexity index is 103. The molecule has 54 valence electrons. The lowest BCUT2D eigenvalue weighted by atomic mass is 9.89. The Morgan fingerprint density at radius 2 is 2.11 bits per heavy atom. The van der Waals surface area contributed by atoms with Gasteiger partial charge in [-0.15, -0.1) is 8.96 Å². The van der Waals surface area contributed by atoms with Crippen LogP contribution in [0.5, 0.6) is 0 Å². The highest BCUT2D eigenvalue weighted by atomic mass is 19.4. The van der Waals surface area contributed by atoms with E-state index in [1.54, 1.807) is 6.92 Å². The minimum absolute atomic E-state index is 0.188. The molecular weight excluding hydrogens is 128 g/mol. The van der Waals surface area contributed by atoms with Gasteiger partial charge >= 0.3 is 0 Å². The van der Waals surface area contributed by atoms with Crippen molar-refractivity contribution in [2.24, 2.45) is 5.41 Å². The van der Waals surface area contributed by atoms with Crippen molar-refractivity contribution in [2.75, 3.05) is 19.8 Å². The highest BCUT2D eigenvalue weighted by Gasteiger charge is 2.35. The summed E-state index contributed by atoms with van der Waals surface area (Å²) in [6.45, 7) is 2.50. The van der Waals surface area contributed by atoms with Gasteiger partial charge in [-0.3, -0.25) is 0 Å². The molecule has 0 radical (unpaired) electrons. The number of halogens is 2. The van der Waals surface area contributed by atoms with Crippen molar-refractivity contribution in [3.05, 3.63) is 0 Å². The van der Waals surface area contributed by atoms with Gasteiger partial charge in [0.05, 0.1) is 19.8 Å². The maximum Gasteiger partial charge on any atom is 0.0717 e. The van der Waals surface area contributed by atoms with Crippen LogP contribution in [0.3, 0.4) is 0 Å². The Kier molecular flexibility index (Phi) is 1.68. The molecule has 0 saturated carbocycles. The molecule has 0 spiro atoms. The van der Waals surface area contributed by atoms with Gasteiger partial charge in [-0.2, -0.15) is 0 Å². The molecule has 0 N–H and O–H groups in total. The average Bonchev–Trinajstić information content (AvgIpc) is 1.60. The molecular formula is C5H9F2NO. The minimum atomic E-state index is -0.789. The zero-order valence-corrected chi connectivity index (χ0v) is 5.23. The van der Waals surface area contributed by atoms with E-state index in [-0.39, 0.29) is 12.0 Å². The second-order valence-corrected chi connectivity index (χ2v) is 2.76. The Balaban J connectivity index is 2.24. The van der Waals surface area contributed by atoms with Gasteiger partial charge in [0, 0.05) is 10.8 Å². The Labute approximate surface area is 52.3 Å². The normalized spacial score (nSPS) is 24.0. The van der Waals surface area contributed by atoms with Crippen LogP contribution in [0, 0.1) is 5.41 Å². The zero-order chi connectivity index (χ0) is 6.91. The summed E-state index contributed by atoms with van der Waals surface area (Å²) in [6, 6.07) is 0. The predicted molar refractivity (Wildman–Crippen MR) is 27.8 cm³/mol. The van der Waals surface area contributed by atoms with Crippen LogP contribution in [0.25, 0.3) is 0 Å². The number of rotatable bonds is 2. The summed E-state index contributed by atoms with van der Waals surface area (Å²) in [4.78, 5) is 0. The largest absolute Gasteiger partial charge is 0.380 e. The first-order valence-corrected chi connectivity index (χ1v) is 2.79. The summed E-state index contributed by atoms with van der Waals surface area (Å²) in [5.41, 5.74) is -0.302. The third-order valence-corrected chi connectivity index (χ3v) is 1.40. The fraction of sp³-hybridized carbons (Fsp3) is 1.00. The lowest BCUT2D eigenvalue weighted by Crippen LogP contribution is -2.45. The van der Waals surface area contributed by atoms with Crippen molar-refractivity contribution in [3.8, 4) is 0 Å². The van der Waals surface area contributed by atoms with E-state index in [2.05, 4.69) is 0 Å². The van der Waals surface area contributed by atoms with E-state index in [4.69, 9.17) is 4.74 Å². The topological polar surface area (TPSA) is 12.5 Å². The standard InChI is InChI=1S/C5H9F2NO/c1-5(2-8(6)7)3-9-4-5/h2-4H2,1H3. The van der Waals surface area contributed by atoms with E-state index < -0.39 is 5.34 Å². The van der Waals surface area contributed by atoms with Gasteiger partial charge < -0.3 is 4.74 Å². The molecule has 0 aromatic heterocycles. The van der Waals surface area contributed by atoms with Gasteiger partial charge in [0.15, 0.2) is 0 Å². The second kappa shape index (κ2) is 2.19. The highest BCUT2D eigenvalue weighted by molar-refractivity contribution is 4.81. The molecule has 0 atom stereocenters. The van der Waals surface area contributed by atoms with Gasteiger partial charge in [-0.25, -0.2) is 0 Å². The third kappa shape index (κ3) is 1.59. The fourth-order valence-electron chi connectivity index (χ4n) is 0.830. The van der Waals surface area contributed by atoms with Gasteiger partial charge in [-0.05, 0) is 0 Å². The monoisotopic (exact) mass is 137 g/mol. The predicted octanol–water partition coefficient (Wildman–Crippen LogP) is 1.09. The van der Waals surface area contributed by atoms with Crippen LogP contribution >= 0.6 is 0 Å². The van der Waals surface area contributed by atoms with Gasteiger partial charge in [0.25, 0.3) is 0 Å². The molecule has 0 aromatic rings. The maximum atomic E-state index is 11.5. The third-order valence-electron chi connectivity index (χ3n) is 1.40. The molecule has 9 heavy (non-hydrogen) atoms. The molecule has 0 bridgehead atoms. The van der Waals surface area contributed by atoms with Crippen LogP contribution in [-0.2, 0) is 4.74 Å².